The Kier molecular flexibility index (Phi) is 11.1. The number of carbonyl (C=O) groups excluding carboxylic acids is 2. The van der Waals surface area contributed by atoms with Gasteiger partial charge < -0.3 is 29.6 Å². The molecule has 59 heavy (non-hydrogen) atoms. The largest absolute Gasteiger partial charge is 0.493 e. The van der Waals surface area contributed by atoms with Crippen molar-refractivity contribution in [3.8, 4) is 45.5 Å². The molecule has 2 heterocycles. The van der Waals surface area contributed by atoms with Gasteiger partial charge in [0.25, 0.3) is 11.8 Å². The maximum atomic E-state index is 13.8. The fourth-order valence-electron chi connectivity index (χ4n) is 6.76. The summed E-state index contributed by atoms with van der Waals surface area (Å²) in [6.45, 7) is 0. The molecule has 0 unspecified atom stereocenters. The number of ether oxygens (including phenoxy) is 4. The van der Waals surface area contributed by atoms with Crippen LogP contribution in [0, 0.1) is 0 Å². The molecule has 0 saturated heterocycles. The van der Waals surface area contributed by atoms with Crippen molar-refractivity contribution in [2.75, 3.05) is 39.1 Å². The Morgan fingerprint density at radius 1 is 0.458 bits per heavy atom. The first kappa shape index (κ1) is 38.5. The molecule has 11 heteroatoms. The predicted octanol–water partition coefficient (Wildman–Crippen LogP) is 10.8. The van der Waals surface area contributed by atoms with Crippen LogP contribution in [0.15, 0.2) is 155 Å². The lowest BCUT2D eigenvalue weighted by atomic mass is 10.0. The number of amides is 2. The van der Waals surface area contributed by atoms with E-state index in [0.29, 0.717) is 67.9 Å². The van der Waals surface area contributed by atoms with Gasteiger partial charge >= 0.3 is 0 Å². The van der Waals surface area contributed by atoms with Gasteiger partial charge in [0.15, 0.2) is 23.0 Å². The highest BCUT2D eigenvalue weighted by molar-refractivity contribution is 7.99. The second-order valence-corrected chi connectivity index (χ2v) is 14.5. The number of para-hydroxylation sites is 2. The zero-order valence-electron chi connectivity index (χ0n) is 32.6. The van der Waals surface area contributed by atoms with Crippen LogP contribution in [0.2, 0.25) is 0 Å². The molecule has 0 saturated carbocycles. The number of aromatic nitrogens is 2. The molecule has 0 bridgehead atoms. The molecule has 0 aliphatic carbocycles. The van der Waals surface area contributed by atoms with Gasteiger partial charge in [-0.25, -0.2) is 9.97 Å². The minimum Gasteiger partial charge on any atom is -0.493 e. The van der Waals surface area contributed by atoms with E-state index in [2.05, 4.69) is 10.6 Å². The van der Waals surface area contributed by atoms with E-state index >= 15 is 0 Å². The van der Waals surface area contributed by atoms with Gasteiger partial charge in [-0.15, -0.1) is 0 Å². The number of hydrogen-bond acceptors (Lipinski definition) is 9. The summed E-state index contributed by atoms with van der Waals surface area (Å²) in [5.41, 5.74) is 6.58. The first-order chi connectivity index (χ1) is 28.8. The number of anilines is 2. The van der Waals surface area contributed by atoms with Crippen molar-refractivity contribution in [1.29, 1.82) is 0 Å². The van der Waals surface area contributed by atoms with Gasteiger partial charge in [-0.1, -0.05) is 48.2 Å². The van der Waals surface area contributed by atoms with Gasteiger partial charge in [0.2, 0.25) is 0 Å². The lowest BCUT2D eigenvalue weighted by Crippen LogP contribution is -2.13. The molecule has 2 aromatic heterocycles. The van der Waals surface area contributed by atoms with Gasteiger partial charge in [0, 0.05) is 43.1 Å². The molecule has 0 radical (unpaired) electrons. The van der Waals surface area contributed by atoms with Gasteiger partial charge in [0.05, 0.1) is 62.0 Å². The highest BCUT2D eigenvalue weighted by Gasteiger charge is 2.18. The van der Waals surface area contributed by atoms with E-state index in [0.717, 1.165) is 31.7 Å². The fourth-order valence-corrected chi connectivity index (χ4v) is 7.58. The van der Waals surface area contributed by atoms with Gasteiger partial charge in [-0.05, 0) is 109 Å². The summed E-state index contributed by atoms with van der Waals surface area (Å²) in [5, 5.41) is 7.61. The van der Waals surface area contributed by atoms with Crippen LogP contribution >= 0.6 is 11.8 Å². The first-order valence-corrected chi connectivity index (χ1v) is 19.4. The smallest absolute Gasteiger partial charge is 0.256 e. The van der Waals surface area contributed by atoms with E-state index < -0.39 is 0 Å². The van der Waals surface area contributed by atoms with Crippen molar-refractivity contribution in [3.05, 3.63) is 157 Å². The summed E-state index contributed by atoms with van der Waals surface area (Å²) in [6.07, 6.45) is 0. The topological polar surface area (TPSA) is 121 Å². The Balaban J connectivity index is 0.953. The number of methoxy groups -OCH3 is 4. The molecule has 8 aromatic rings. The molecule has 0 atom stereocenters. The summed E-state index contributed by atoms with van der Waals surface area (Å²) in [7, 11) is 6.34. The summed E-state index contributed by atoms with van der Waals surface area (Å²) in [6, 6.07) is 45.2. The average Bonchev–Trinajstić information content (AvgIpc) is 3.28. The van der Waals surface area contributed by atoms with E-state index in [1.165, 1.54) is 0 Å². The zero-order chi connectivity index (χ0) is 40.9. The second kappa shape index (κ2) is 17.0. The third-order valence-electron chi connectivity index (χ3n) is 9.74. The van der Waals surface area contributed by atoms with E-state index in [4.69, 9.17) is 28.9 Å². The summed E-state index contributed by atoms with van der Waals surface area (Å²) >= 11 is 1.57. The van der Waals surface area contributed by atoms with E-state index in [9.17, 15) is 9.59 Å². The number of benzene rings is 6. The molecule has 292 valence electrons. The average molecular weight is 799 g/mol. The quantitative estimate of drug-likeness (QED) is 0.124. The Morgan fingerprint density at radius 2 is 0.847 bits per heavy atom. The van der Waals surface area contributed by atoms with Crippen molar-refractivity contribution in [2.45, 2.75) is 9.79 Å². The minimum atomic E-state index is -0.250. The normalized spacial score (nSPS) is 10.9. The Bertz CT molecular complexity index is 2650. The summed E-state index contributed by atoms with van der Waals surface area (Å²) in [4.78, 5) is 39.2. The van der Waals surface area contributed by atoms with Crippen molar-refractivity contribution in [3.63, 3.8) is 0 Å². The van der Waals surface area contributed by atoms with E-state index in [1.54, 1.807) is 52.3 Å². The van der Waals surface area contributed by atoms with Gasteiger partial charge in [0.1, 0.15) is 0 Å². The van der Waals surface area contributed by atoms with Crippen LogP contribution in [0.1, 0.15) is 20.7 Å². The third kappa shape index (κ3) is 8.23. The van der Waals surface area contributed by atoms with Crippen molar-refractivity contribution in [2.24, 2.45) is 0 Å². The number of fused-ring (bicyclic) bond motifs is 2. The lowest BCUT2D eigenvalue weighted by Gasteiger charge is -2.13. The van der Waals surface area contributed by atoms with Crippen LogP contribution in [0.4, 0.5) is 11.4 Å². The molecule has 2 N–H and O–H groups in total. The van der Waals surface area contributed by atoms with E-state index in [1.807, 2.05) is 133 Å². The number of hydrogen-bond donors (Lipinski definition) is 2. The number of carbonyl (C=O) groups is 2. The molecule has 10 nitrogen and oxygen atoms in total. The van der Waals surface area contributed by atoms with Crippen LogP contribution < -0.4 is 29.6 Å². The fraction of sp³-hybridized carbons (Fsp3) is 0.0833. The van der Waals surface area contributed by atoms with Crippen LogP contribution in [-0.2, 0) is 0 Å². The molecular weight excluding hydrogens is 761 g/mol. The number of rotatable bonds is 12. The van der Waals surface area contributed by atoms with Gasteiger partial charge in [-0.2, -0.15) is 0 Å². The first-order valence-electron chi connectivity index (χ1n) is 18.6. The molecule has 0 aliphatic heterocycles. The Hall–Kier alpha value is -7.37. The standard InChI is InChI=1S/C48H38N4O6S/c1-55-43-23-13-29(25-45(43)57-3)41-27-37(35-9-5-7-11-39(35)51-41)47(53)49-31-15-19-33(20-16-31)59-34-21-17-32(18-22-34)50-48(54)38-28-42(52-40-12-8-6-10-36(38)40)30-14-24-44(56-2)46(26-30)58-4/h5-28H,1-4H3,(H,49,53)(H,50,54). The Labute approximate surface area is 345 Å². The SMILES string of the molecule is COc1ccc(-c2cc(C(=O)Nc3ccc(Sc4ccc(NC(=O)c5cc(-c6ccc(OC)c(OC)c6)nc6ccccc56)cc4)cc3)c3ccccc3n2)cc1OC. The Morgan fingerprint density at radius 3 is 1.24 bits per heavy atom. The summed E-state index contributed by atoms with van der Waals surface area (Å²) < 4.78 is 21.8. The maximum Gasteiger partial charge on any atom is 0.256 e. The number of pyridine rings is 2. The molecule has 6 aromatic carbocycles. The molecule has 0 spiro atoms. The number of nitrogens with one attached hydrogen (secondary N) is 2. The molecule has 8 rings (SSSR count). The maximum absolute atomic E-state index is 13.8. The second-order valence-electron chi connectivity index (χ2n) is 13.3. The highest BCUT2D eigenvalue weighted by Crippen LogP contribution is 2.36. The monoisotopic (exact) mass is 798 g/mol. The van der Waals surface area contributed by atoms with Crippen LogP contribution in [0.25, 0.3) is 44.3 Å². The molecule has 2 amide bonds. The lowest BCUT2D eigenvalue weighted by molar-refractivity contribution is 0.102. The summed E-state index contributed by atoms with van der Waals surface area (Å²) in [5.74, 6) is 1.86. The molecule has 0 aliphatic rings. The van der Waals surface area contributed by atoms with Crippen molar-refractivity contribution in [1.82, 2.24) is 9.97 Å². The third-order valence-corrected chi connectivity index (χ3v) is 10.8. The minimum absolute atomic E-state index is 0.250. The zero-order valence-corrected chi connectivity index (χ0v) is 33.4. The van der Waals surface area contributed by atoms with Crippen LogP contribution in [-0.4, -0.2) is 50.2 Å². The van der Waals surface area contributed by atoms with Gasteiger partial charge in [-0.3, -0.25) is 9.59 Å². The molecular formula is C48H38N4O6S. The molecule has 0 fully saturated rings. The van der Waals surface area contributed by atoms with E-state index in [-0.39, 0.29) is 11.8 Å². The van der Waals surface area contributed by atoms with Crippen molar-refractivity contribution < 1.29 is 28.5 Å². The number of nitrogens with zero attached hydrogens (tertiary/aromatic N) is 2. The van der Waals surface area contributed by atoms with Crippen LogP contribution in [0.3, 0.4) is 0 Å². The predicted molar refractivity (Wildman–Crippen MR) is 233 cm³/mol. The van der Waals surface area contributed by atoms with Crippen LogP contribution in [0.5, 0.6) is 23.0 Å². The van der Waals surface area contributed by atoms with Crippen molar-refractivity contribution >= 4 is 56.8 Å². The highest BCUT2D eigenvalue weighted by atomic mass is 32.2.